The van der Waals surface area contributed by atoms with E-state index in [1.54, 1.807) is 0 Å². The molecule has 2 nitrogen and oxygen atoms in total. The Bertz CT molecular complexity index is 170. The van der Waals surface area contributed by atoms with Crippen molar-refractivity contribution < 1.29 is 9.47 Å². The van der Waals surface area contributed by atoms with Crippen LogP contribution in [0.3, 0.4) is 0 Å². The van der Waals surface area contributed by atoms with E-state index in [1.165, 1.54) is 38.5 Å². The highest BCUT2D eigenvalue weighted by molar-refractivity contribution is 4.92. The van der Waals surface area contributed by atoms with Crippen LogP contribution < -0.4 is 0 Å². The van der Waals surface area contributed by atoms with Crippen molar-refractivity contribution in [3.8, 4) is 0 Å². The second kappa shape index (κ2) is 5.13. The van der Waals surface area contributed by atoms with E-state index in [9.17, 15) is 0 Å². The van der Waals surface area contributed by atoms with Gasteiger partial charge in [0.15, 0.2) is 0 Å². The van der Waals surface area contributed by atoms with E-state index in [1.807, 2.05) is 0 Å². The van der Waals surface area contributed by atoms with Gasteiger partial charge in [0.1, 0.15) is 0 Å². The lowest BCUT2D eigenvalue weighted by atomic mass is 9.98. The number of ether oxygens (including phenoxy) is 2. The van der Waals surface area contributed by atoms with Crippen LogP contribution in [0.5, 0.6) is 0 Å². The lowest BCUT2D eigenvalue weighted by molar-refractivity contribution is 0.0309. The van der Waals surface area contributed by atoms with Gasteiger partial charge < -0.3 is 9.47 Å². The van der Waals surface area contributed by atoms with Gasteiger partial charge in [-0.05, 0) is 19.3 Å². The van der Waals surface area contributed by atoms with Gasteiger partial charge in [0, 0.05) is 13.0 Å². The highest BCUT2D eigenvalue weighted by Crippen LogP contribution is 2.37. The maximum Gasteiger partial charge on any atom is 0.0866 e. The van der Waals surface area contributed by atoms with E-state index in [-0.39, 0.29) is 0 Å². The summed E-state index contributed by atoms with van der Waals surface area (Å²) in [4.78, 5) is 0. The van der Waals surface area contributed by atoms with Crippen molar-refractivity contribution >= 4 is 0 Å². The monoisotopic (exact) mass is 198 g/mol. The van der Waals surface area contributed by atoms with Crippen molar-refractivity contribution in [1.29, 1.82) is 0 Å². The maximum absolute atomic E-state index is 5.85. The van der Waals surface area contributed by atoms with Crippen molar-refractivity contribution in [2.45, 2.75) is 70.2 Å². The second-order valence-electron chi connectivity index (χ2n) is 4.58. The van der Waals surface area contributed by atoms with Gasteiger partial charge >= 0.3 is 0 Å². The normalized spacial score (nSPS) is 35.4. The first-order chi connectivity index (χ1) is 6.90. The van der Waals surface area contributed by atoms with Gasteiger partial charge in [-0.25, -0.2) is 0 Å². The van der Waals surface area contributed by atoms with E-state index >= 15 is 0 Å². The Morgan fingerprint density at radius 2 is 2.07 bits per heavy atom. The minimum absolute atomic E-state index is 0.500. The van der Waals surface area contributed by atoms with Gasteiger partial charge in [0.05, 0.1) is 18.3 Å². The molecule has 2 aliphatic rings. The fourth-order valence-corrected chi connectivity index (χ4v) is 2.30. The summed E-state index contributed by atoms with van der Waals surface area (Å²) in [5.41, 5.74) is 0. The highest BCUT2D eigenvalue weighted by atomic mass is 16.6. The molecule has 14 heavy (non-hydrogen) atoms. The van der Waals surface area contributed by atoms with Crippen LogP contribution in [0.2, 0.25) is 0 Å². The average molecular weight is 198 g/mol. The third-order valence-electron chi connectivity index (χ3n) is 3.31. The van der Waals surface area contributed by atoms with Crippen LogP contribution in [-0.2, 0) is 9.47 Å². The molecular formula is C12H22O2. The molecule has 0 radical (unpaired) electrons. The van der Waals surface area contributed by atoms with Crippen molar-refractivity contribution in [3.05, 3.63) is 0 Å². The minimum Gasteiger partial charge on any atom is -0.378 e. The SMILES string of the molecule is CCCCCCOC1CCC2OC2C1. The van der Waals surface area contributed by atoms with E-state index in [0.29, 0.717) is 18.3 Å². The standard InChI is InChI=1S/C12H22O2/c1-2-3-4-5-8-13-10-6-7-11-12(9-10)14-11/h10-12H,2-9H2,1H3. The topological polar surface area (TPSA) is 21.8 Å². The summed E-state index contributed by atoms with van der Waals surface area (Å²) in [6, 6.07) is 0. The third kappa shape index (κ3) is 2.96. The average Bonchev–Trinajstić information content (AvgIpc) is 2.95. The molecule has 2 fully saturated rings. The molecule has 0 aromatic rings. The fraction of sp³-hybridized carbons (Fsp3) is 1.00. The van der Waals surface area contributed by atoms with Gasteiger partial charge in [-0.1, -0.05) is 26.2 Å². The van der Waals surface area contributed by atoms with E-state index in [0.717, 1.165) is 13.0 Å². The molecule has 2 rings (SSSR count). The molecule has 0 amide bonds. The first-order valence-corrected chi connectivity index (χ1v) is 6.17. The van der Waals surface area contributed by atoms with Crippen LogP contribution in [-0.4, -0.2) is 24.9 Å². The van der Waals surface area contributed by atoms with Crippen LogP contribution >= 0.6 is 0 Å². The Morgan fingerprint density at radius 3 is 2.86 bits per heavy atom. The number of rotatable bonds is 6. The van der Waals surface area contributed by atoms with Crippen LogP contribution in [0.1, 0.15) is 51.9 Å². The van der Waals surface area contributed by atoms with Crippen molar-refractivity contribution in [2.75, 3.05) is 6.61 Å². The molecule has 0 N–H and O–H groups in total. The molecule has 3 unspecified atom stereocenters. The quantitative estimate of drug-likeness (QED) is 0.483. The molecule has 0 bridgehead atoms. The van der Waals surface area contributed by atoms with E-state index < -0.39 is 0 Å². The predicted molar refractivity (Wildman–Crippen MR) is 56.4 cm³/mol. The number of hydrogen-bond donors (Lipinski definition) is 0. The molecule has 1 aliphatic heterocycles. The molecule has 3 atom stereocenters. The summed E-state index contributed by atoms with van der Waals surface area (Å²) in [6.45, 7) is 3.20. The Kier molecular flexibility index (Phi) is 3.82. The zero-order valence-electron chi connectivity index (χ0n) is 9.21. The van der Waals surface area contributed by atoms with Crippen LogP contribution in [0.15, 0.2) is 0 Å². The van der Waals surface area contributed by atoms with Crippen molar-refractivity contribution in [3.63, 3.8) is 0 Å². The molecule has 1 aliphatic carbocycles. The van der Waals surface area contributed by atoms with Gasteiger partial charge in [-0.3, -0.25) is 0 Å². The molecule has 1 heterocycles. The Balaban J connectivity index is 1.48. The lowest BCUT2D eigenvalue weighted by Gasteiger charge is -2.19. The largest absolute Gasteiger partial charge is 0.378 e. The summed E-state index contributed by atoms with van der Waals surface area (Å²) in [5, 5.41) is 0. The number of epoxide rings is 1. The summed E-state index contributed by atoms with van der Waals surface area (Å²) >= 11 is 0. The molecular weight excluding hydrogens is 176 g/mol. The molecule has 0 aromatic heterocycles. The number of hydrogen-bond acceptors (Lipinski definition) is 2. The summed E-state index contributed by atoms with van der Waals surface area (Å²) in [7, 11) is 0. The van der Waals surface area contributed by atoms with Gasteiger partial charge in [0.25, 0.3) is 0 Å². The predicted octanol–water partition coefficient (Wildman–Crippen LogP) is 2.90. The Hall–Kier alpha value is -0.0800. The van der Waals surface area contributed by atoms with E-state index in [4.69, 9.17) is 9.47 Å². The van der Waals surface area contributed by atoms with E-state index in [2.05, 4.69) is 6.92 Å². The molecule has 1 saturated carbocycles. The van der Waals surface area contributed by atoms with Crippen LogP contribution in [0.25, 0.3) is 0 Å². The second-order valence-corrected chi connectivity index (χ2v) is 4.58. The molecule has 2 heteroatoms. The lowest BCUT2D eigenvalue weighted by Crippen LogP contribution is -2.22. The van der Waals surface area contributed by atoms with Crippen LogP contribution in [0, 0.1) is 0 Å². The first-order valence-electron chi connectivity index (χ1n) is 6.17. The van der Waals surface area contributed by atoms with Gasteiger partial charge in [-0.2, -0.15) is 0 Å². The third-order valence-corrected chi connectivity index (χ3v) is 3.31. The Morgan fingerprint density at radius 1 is 1.14 bits per heavy atom. The summed E-state index contributed by atoms with van der Waals surface area (Å²) in [5.74, 6) is 0. The van der Waals surface area contributed by atoms with Crippen molar-refractivity contribution in [1.82, 2.24) is 0 Å². The maximum atomic E-state index is 5.85. The summed E-state index contributed by atoms with van der Waals surface area (Å²) in [6.07, 6.45) is 10.5. The smallest absolute Gasteiger partial charge is 0.0866 e. The molecule has 0 spiro atoms. The Labute approximate surface area is 87.0 Å². The minimum atomic E-state index is 0.500. The zero-order valence-corrected chi connectivity index (χ0v) is 9.21. The van der Waals surface area contributed by atoms with Gasteiger partial charge in [-0.15, -0.1) is 0 Å². The van der Waals surface area contributed by atoms with Gasteiger partial charge in [0.2, 0.25) is 0 Å². The number of fused-ring (bicyclic) bond motifs is 1. The molecule has 0 aromatic carbocycles. The van der Waals surface area contributed by atoms with Crippen molar-refractivity contribution in [2.24, 2.45) is 0 Å². The number of unbranched alkanes of at least 4 members (excludes halogenated alkanes) is 3. The first kappa shape index (κ1) is 10.4. The zero-order chi connectivity index (χ0) is 9.80. The molecule has 82 valence electrons. The highest BCUT2D eigenvalue weighted by Gasteiger charge is 2.44. The summed E-state index contributed by atoms with van der Waals surface area (Å²) < 4.78 is 11.3. The van der Waals surface area contributed by atoms with Crippen LogP contribution in [0.4, 0.5) is 0 Å². The fourth-order valence-electron chi connectivity index (χ4n) is 2.30. The molecule has 1 saturated heterocycles.